The number of nitrogens with zero attached hydrogens (tertiary/aromatic N) is 11. The van der Waals surface area contributed by atoms with E-state index in [0.29, 0.717) is 80.2 Å². The predicted molar refractivity (Wildman–Crippen MR) is 366 cm³/mol. The molecule has 0 spiro atoms. The first-order valence-electron chi connectivity index (χ1n) is 31.4. The highest BCUT2D eigenvalue weighted by Crippen LogP contribution is 2.44. The van der Waals surface area contributed by atoms with Gasteiger partial charge in [0.1, 0.15) is 58.4 Å². The van der Waals surface area contributed by atoms with E-state index in [-0.39, 0.29) is 51.9 Å². The number of carbonyl (C=O) groups excluding carboxylic acids is 1. The van der Waals surface area contributed by atoms with Crippen LogP contribution in [-0.2, 0) is 33.9 Å². The van der Waals surface area contributed by atoms with Gasteiger partial charge in [-0.05, 0) is 158 Å². The Bertz CT molecular complexity index is 4340. The number of carbonyl (C=O) groups is 1. The molecule has 6 aromatic heterocycles. The number of hydrogen-bond acceptors (Lipinski definition) is 18. The molecule has 3 aromatic carbocycles. The fourth-order valence-electron chi connectivity index (χ4n) is 11.7. The molecule has 13 rings (SSSR count). The molecule has 1 unspecified atom stereocenters. The molecule has 1 amide bonds. The van der Waals surface area contributed by atoms with E-state index in [2.05, 4.69) is 78.1 Å². The van der Waals surface area contributed by atoms with Crippen molar-refractivity contribution >= 4 is 5.91 Å². The van der Waals surface area contributed by atoms with Crippen molar-refractivity contribution in [1.82, 2.24) is 44.1 Å². The van der Waals surface area contributed by atoms with E-state index in [4.69, 9.17) is 50.8 Å². The first kappa shape index (κ1) is 72.6. The van der Waals surface area contributed by atoms with Gasteiger partial charge in [0.05, 0.1) is 42.7 Å². The third-order valence-corrected chi connectivity index (χ3v) is 17.1. The van der Waals surface area contributed by atoms with Gasteiger partial charge in [-0.3, -0.25) is 4.79 Å². The lowest BCUT2D eigenvalue weighted by Crippen LogP contribution is -2.60. The topological polar surface area (TPSA) is 333 Å². The van der Waals surface area contributed by atoms with Crippen LogP contribution >= 0.6 is 0 Å². The van der Waals surface area contributed by atoms with Crippen molar-refractivity contribution in [3.05, 3.63) is 179 Å². The number of amides is 1. The Labute approximate surface area is 567 Å². The molecule has 4 aliphatic rings. The molecule has 4 fully saturated rings. The molecule has 9 aromatic rings. The Balaban J connectivity index is 0.000000184. The van der Waals surface area contributed by atoms with Gasteiger partial charge in [0.15, 0.2) is 23.6 Å². The second kappa shape index (κ2) is 32.0. The first-order valence-corrected chi connectivity index (χ1v) is 31.4. The van der Waals surface area contributed by atoms with Gasteiger partial charge in [-0.1, -0.05) is 73.3 Å². The van der Waals surface area contributed by atoms with E-state index >= 15 is 0 Å². The minimum Gasteiger partial charge on any atom is -0.385 e. The van der Waals surface area contributed by atoms with Crippen LogP contribution < -0.4 is 17.2 Å². The van der Waals surface area contributed by atoms with Crippen molar-refractivity contribution in [1.29, 1.82) is 10.5 Å². The Hall–Kier alpha value is -10.2. The average molecular weight is 1310 g/mol. The number of aromatic nitrogens is 9. The largest absolute Gasteiger partial charge is 0.385 e. The number of hydrogen-bond donors (Lipinski definition) is 5. The van der Waals surface area contributed by atoms with Crippen molar-refractivity contribution in [3.63, 3.8) is 0 Å². The molecular weight excluding hydrogens is 1220 g/mol. The maximum Gasteiger partial charge on any atom is 0.237 e. The van der Waals surface area contributed by atoms with E-state index in [9.17, 15) is 15.0 Å². The van der Waals surface area contributed by atoms with E-state index in [1.165, 1.54) is 0 Å². The van der Waals surface area contributed by atoms with Gasteiger partial charge in [0.25, 0.3) is 0 Å². The van der Waals surface area contributed by atoms with Crippen LogP contribution in [0.25, 0.3) is 34.0 Å². The standard InChI is InChI=1S/C28H30N4O3.C22H23N5O3.C22H21N5O2.3CH4/c1-20(34-26-5-3-4-14-33-26)27-30-12-13-32(27)18-24-15-25(35-31-24)23-10-8-21(9-11-23)6-7-22-16-28(2,17-22)19-29;1-14(28)20-25-8-9-27(20)13-18-10-19(30-26-18)17-6-4-15(5-7-17)2-3-16-11-22(24,12-16)21(23)29;1-15(28)21-25-8-9-27(21)13-19-10-20(29-26-19)18-6-4-16(5-7-18)2-3-17-11-22(24,12-17)14-23;;;/h8-13,15,20,22,26H,3-5,14,16-18H2,1-2H3;4-10,14,16,28H,11-13,24H2,1H3,(H2,23,29);4-10,15,17,28H,11-13,24H2,1H3;3*1H4/t20-,22?,26?,28?;14-,16?,22?;15-,17?,22?;;;/m000.../s1. The molecule has 4 atom stereocenters. The molecule has 7 heterocycles. The molecule has 0 radical (unpaired) electrons. The van der Waals surface area contributed by atoms with Crippen LogP contribution in [0.2, 0.25) is 0 Å². The van der Waals surface area contributed by atoms with E-state index in [1.54, 1.807) is 44.8 Å². The predicted octanol–water partition coefficient (Wildman–Crippen LogP) is 11.6. The number of benzene rings is 3. The van der Waals surface area contributed by atoms with Gasteiger partial charge in [-0.2, -0.15) is 10.5 Å². The number of nitriles is 2. The number of primary amides is 1. The molecule has 1 saturated heterocycles. The van der Waals surface area contributed by atoms with Gasteiger partial charge in [0.2, 0.25) is 5.91 Å². The van der Waals surface area contributed by atoms with Gasteiger partial charge in [0, 0.05) is 113 Å². The summed E-state index contributed by atoms with van der Waals surface area (Å²) in [4.78, 5) is 24.1. The molecule has 8 N–H and O–H groups in total. The van der Waals surface area contributed by atoms with Crippen LogP contribution in [0.5, 0.6) is 0 Å². The zero-order valence-corrected chi connectivity index (χ0v) is 52.9. The fourth-order valence-corrected chi connectivity index (χ4v) is 11.7. The number of aliphatic hydroxyl groups is 2. The van der Waals surface area contributed by atoms with E-state index in [0.717, 1.165) is 95.0 Å². The molecule has 3 saturated carbocycles. The minimum atomic E-state index is -0.903. The van der Waals surface area contributed by atoms with Crippen LogP contribution in [0.1, 0.15) is 177 Å². The minimum absolute atomic E-state index is 0. The maximum absolute atomic E-state index is 11.3. The summed E-state index contributed by atoms with van der Waals surface area (Å²) in [6.45, 7) is 9.59. The monoisotopic (exact) mass is 1310 g/mol. The molecule has 22 heteroatoms. The smallest absolute Gasteiger partial charge is 0.237 e. The van der Waals surface area contributed by atoms with Gasteiger partial charge in [-0.15, -0.1) is 0 Å². The van der Waals surface area contributed by atoms with Gasteiger partial charge in [-0.25, -0.2) is 15.0 Å². The highest BCUT2D eigenvalue weighted by molar-refractivity contribution is 5.85. The van der Waals surface area contributed by atoms with Crippen LogP contribution in [0.15, 0.2) is 142 Å². The highest BCUT2D eigenvalue weighted by Gasteiger charge is 2.45. The zero-order valence-electron chi connectivity index (χ0n) is 52.9. The van der Waals surface area contributed by atoms with Crippen LogP contribution in [0.4, 0.5) is 0 Å². The summed E-state index contributed by atoms with van der Waals surface area (Å²) in [5.41, 5.74) is 23.0. The molecule has 0 bridgehead atoms. The summed E-state index contributed by atoms with van der Waals surface area (Å²) in [5.74, 6) is 23.3. The second-order valence-electron chi connectivity index (χ2n) is 25.0. The molecular formula is C75H86N14O8. The van der Waals surface area contributed by atoms with E-state index < -0.39 is 29.2 Å². The Morgan fingerprint density at radius 3 is 1.33 bits per heavy atom. The van der Waals surface area contributed by atoms with Crippen LogP contribution in [0, 0.1) is 81.4 Å². The Morgan fingerprint density at radius 2 is 0.969 bits per heavy atom. The lowest BCUT2D eigenvalue weighted by atomic mass is 9.64. The number of nitrogens with two attached hydrogens (primary N) is 3. The maximum atomic E-state index is 11.3. The lowest BCUT2D eigenvalue weighted by Gasteiger charge is -2.39. The summed E-state index contributed by atoms with van der Waals surface area (Å²) in [6.07, 6.45) is 16.1. The quantitative estimate of drug-likeness (QED) is 0.0595. The molecule has 22 nitrogen and oxygen atoms in total. The summed E-state index contributed by atoms with van der Waals surface area (Å²) in [6, 6.07) is 33.6. The summed E-state index contributed by atoms with van der Waals surface area (Å²) in [5, 5.41) is 50.1. The fraction of sp³-hybridized carbons (Fsp3) is 0.400. The van der Waals surface area contributed by atoms with Crippen molar-refractivity contribution in [2.75, 3.05) is 6.61 Å². The van der Waals surface area contributed by atoms with Crippen LogP contribution in [0.3, 0.4) is 0 Å². The number of ether oxygens (including phenoxy) is 2. The third kappa shape index (κ3) is 18.2. The molecule has 504 valence electrons. The van der Waals surface area contributed by atoms with Crippen molar-refractivity contribution < 1.29 is 38.1 Å². The average Bonchev–Trinajstić information content (AvgIpc) is 1.82. The number of rotatable bonds is 15. The SMILES string of the molecule is C.C.C.C[C@H](O)c1nccn1Cc1cc(-c2ccc(C#CC3CC(N)(C#N)C3)cc2)on1.C[C@H](O)c1nccn1Cc1cc(-c2ccc(C#CC3CC(N)(C(N)=O)C3)cc2)on1.C[C@H](OC1CCCCO1)c1nccn1Cc1cc(-c2ccc(C#CC3CC(C)(C#N)C3)cc2)on1. The third-order valence-electron chi connectivity index (χ3n) is 17.1. The first-order chi connectivity index (χ1) is 45.3. The number of imidazole rings is 3. The van der Waals surface area contributed by atoms with Crippen molar-refractivity contribution in [3.8, 4) is 81.6 Å². The lowest BCUT2D eigenvalue weighted by molar-refractivity contribution is -0.188. The second-order valence-corrected chi connectivity index (χ2v) is 25.0. The Kier molecular flexibility index (Phi) is 24.0. The van der Waals surface area contributed by atoms with Gasteiger partial charge < -0.3 is 64.2 Å². The molecule has 3 aliphatic carbocycles. The van der Waals surface area contributed by atoms with Crippen molar-refractivity contribution in [2.45, 2.75) is 163 Å². The van der Waals surface area contributed by atoms with E-state index in [1.807, 2.05) is 125 Å². The summed E-state index contributed by atoms with van der Waals surface area (Å²) in [7, 11) is 0. The Morgan fingerprint density at radius 1 is 0.588 bits per heavy atom. The highest BCUT2D eigenvalue weighted by atomic mass is 16.7. The van der Waals surface area contributed by atoms with Crippen molar-refractivity contribution in [2.24, 2.45) is 40.4 Å². The summed E-state index contributed by atoms with van der Waals surface area (Å²) >= 11 is 0. The zero-order chi connectivity index (χ0) is 66.0. The number of aliphatic hydroxyl groups excluding tert-OH is 2. The van der Waals surface area contributed by atoms with Gasteiger partial charge >= 0.3 is 0 Å². The molecule has 1 aliphatic heterocycles. The summed E-state index contributed by atoms with van der Waals surface area (Å²) < 4.78 is 34.1. The van der Waals surface area contributed by atoms with Crippen LogP contribution in [-0.4, -0.2) is 84.2 Å². The normalized spacial score (nSPS) is 21.9. The molecule has 97 heavy (non-hydrogen) atoms.